The second-order valence-electron chi connectivity index (χ2n) is 16.5. The highest BCUT2D eigenvalue weighted by Gasteiger charge is 2.31. The second kappa shape index (κ2) is 17.8. The lowest BCUT2D eigenvalue weighted by Crippen LogP contribution is -2.26. The minimum Gasteiger partial charge on any atom is -0.287 e. The summed E-state index contributed by atoms with van der Waals surface area (Å²) in [5.41, 5.74) is 9.12. The molecule has 6 aromatic heterocycles. The lowest BCUT2D eigenvalue weighted by molar-refractivity contribution is 0.711. The third kappa shape index (κ3) is 8.94. The number of benzene rings is 3. The van der Waals surface area contributed by atoms with E-state index < -0.39 is 0 Å². The van der Waals surface area contributed by atoms with Crippen molar-refractivity contribution in [2.75, 3.05) is 0 Å². The Morgan fingerprint density at radius 1 is 0.508 bits per heavy atom. The molecule has 12 rings (SSSR count). The molecule has 0 radical (unpaired) electrons. The van der Waals surface area contributed by atoms with Crippen molar-refractivity contribution in [1.29, 1.82) is 0 Å². The first-order chi connectivity index (χ1) is 31.6. The molecule has 0 unspecified atom stereocenters. The molecule has 3 aliphatic rings. The van der Waals surface area contributed by atoms with Crippen molar-refractivity contribution in [2.45, 2.75) is 70.0 Å². The predicted octanol–water partition coefficient (Wildman–Crippen LogP) is 10.6. The van der Waals surface area contributed by atoms with E-state index in [0.29, 0.717) is 55.5 Å². The first kappa shape index (κ1) is 42.4. The van der Waals surface area contributed by atoms with E-state index in [1.165, 1.54) is 0 Å². The fourth-order valence-corrected chi connectivity index (χ4v) is 8.53. The molecule has 3 saturated carbocycles. The van der Waals surface area contributed by atoms with Crippen molar-refractivity contribution in [3.05, 3.63) is 185 Å². The van der Waals surface area contributed by atoms with Crippen molar-refractivity contribution in [2.24, 2.45) is 0 Å². The van der Waals surface area contributed by atoms with Crippen LogP contribution in [-0.2, 0) is 6.42 Å². The molecule has 0 aliphatic heterocycles. The van der Waals surface area contributed by atoms with Gasteiger partial charge in [0, 0.05) is 69.3 Å². The monoisotopic (exact) mass is 919 g/mol. The first-order valence-electron chi connectivity index (χ1n) is 21.5. The minimum absolute atomic E-state index is 0.0244. The van der Waals surface area contributed by atoms with E-state index >= 15 is 0 Å². The smallest absolute Gasteiger partial charge is 0.279 e. The molecule has 6 heterocycles. The van der Waals surface area contributed by atoms with Gasteiger partial charge in [-0.25, -0.2) is 29.9 Å². The van der Waals surface area contributed by atoms with Crippen LogP contribution < -0.4 is 16.7 Å². The van der Waals surface area contributed by atoms with Gasteiger partial charge in [-0.15, -0.1) is 0 Å². The van der Waals surface area contributed by atoms with Crippen molar-refractivity contribution in [1.82, 2.24) is 43.6 Å². The molecule has 0 saturated heterocycles. The van der Waals surface area contributed by atoms with Crippen LogP contribution in [0.1, 0.15) is 73.5 Å². The molecule has 3 fully saturated rings. The maximum Gasteiger partial charge on any atom is 0.279 e. The predicted molar refractivity (Wildman–Crippen MR) is 256 cm³/mol. The van der Waals surface area contributed by atoms with Gasteiger partial charge in [0.15, 0.2) is 16.9 Å². The molecule has 0 amide bonds. The van der Waals surface area contributed by atoms with Gasteiger partial charge in [-0.1, -0.05) is 65.1 Å². The number of aromatic nitrogens is 9. The average Bonchev–Trinajstić information content (AvgIpc) is 4.13. The van der Waals surface area contributed by atoms with Crippen LogP contribution in [0.25, 0.3) is 56.0 Å². The topological polar surface area (TPSA) is 143 Å². The van der Waals surface area contributed by atoms with Crippen molar-refractivity contribution >= 4 is 68.3 Å². The molecule has 12 nitrogen and oxygen atoms in total. The maximum atomic E-state index is 12.9. The molecule has 324 valence electrons. The highest BCUT2D eigenvalue weighted by atomic mass is 35.5. The summed E-state index contributed by atoms with van der Waals surface area (Å²) in [5.74, 6) is 0. The maximum absolute atomic E-state index is 12.9. The molecular weight excluding hydrogens is 881 g/mol. The molecule has 9 aromatic rings. The molecule has 3 aromatic carbocycles. The number of aryl methyl sites for hydroxylation is 1. The Morgan fingerprint density at radius 2 is 0.985 bits per heavy atom. The van der Waals surface area contributed by atoms with E-state index in [4.69, 9.17) is 34.8 Å². The number of nitrogens with zero attached hydrogens (tertiary/aromatic N) is 9. The van der Waals surface area contributed by atoms with Gasteiger partial charge in [-0.05, 0) is 129 Å². The fourth-order valence-electron chi connectivity index (χ4n) is 7.99. The number of hydrogen-bond donors (Lipinski definition) is 0. The summed E-state index contributed by atoms with van der Waals surface area (Å²) >= 11 is 18.0. The zero-order valence-electron chi connectivity index (χ0n) is 35.1. The fraction of sp³-hybridized carbons (Fsp3) is 0.220. The second-order valence-corrected chi connectivity index (χ2v) is 17.8. The number of hydrogen-bond acceptors (Lipinski definition) is 9. The highest BCUT2D eigenvalue weighted by Crippen LogP contribution is 2.38. The van der Waals surface area contributed by atoms with E-state index in [2.05, 4.69) is 29.9 Å². The van der Waals surface area contributed by atoms with Crippen LogP contribution in [-0.4, -0.2) is 43.6 Å². The van der Waals surface area contributed by atoms with E-state index in [1.807, 2.05) is 96.4 Å². The van der Waals surface area contributed by atoms with Gasteiger partial charge in [0.05, 0.1) is 0 Å². The van der Waals surface area contributed by atoms with Crippen LogP contribution in [0.4, 0.5) is 0 Å². The molecule has 15 heteroatoms. The van der Waals surface area contributed by atoms with Crippen molar-refractivity contribution in [3.63, 3.8) is 0 Å². The van der Waals surface area contributed by atoms with Gasteiger partial charge in [0.25, 0.3) is 16.7 Å². The zero-order chi connectivity index (χ0) is 44.8. The zero-order valence-corrected chi connectivity index (χ0v) is 37.4. The number of halogens is 3. The van der Waals surface area contributed by atoms with Gasteiger partial charge >= 0.3 is 0 Å². The van der Waals surface area contributed by atoms with Crippen LogP contribution >= 0.6 is 34.8 Å². The largest absolute Gasteiger partial charge is 0.287 e. The van der Waals surface area contributed by atoms with E-state index in [9.17, 15) is 14.4 Å². The Labute approximate surface area is 387 Å². The molecule has 0 bridgehead atoms. The highest BCUT2D eigenvalue weighted by molar-refractivity contribution is 6.31. The van der Waals surface area contributed by atoms with Crippen LogP contribution in [0.5, 0.6) is 0 Å². The van der Waals surface area contributed by atoms with E-state index in [1.54, 1.807) is 45.9 Å². The summed E-state index contributed by atoms with van der Waals surface area (Å²) in [7, 11) is 0. The molecule has 0 N–H and O–H groups in total. The Morgan fingerprint density at radius 3 is 1.51 bits per heavy atom. The van der Waals surface area contributed by atoms with Crippen LogP contribution in [0, 0.1) is 6.92 Å². The SMILES string of the molecule is Cc1cc(Cl)ccc1-c1nc2cccnc2n(C2CC2)c1=O.O=c1c(-c2cccc(Cl)c2)nc2cccnc2n1C1CC1.O=c1c(Cc2ccc(Cl)cc2)nc2cccnc2n1C1CC1. The van der Waals surface area contributed by atoms with E-state index in [-0.39, 0.29) is 34.8 Å². The molecular formula is C50H40Cl3N9O3. The standard InChI is InChI=1S/2C17H14ClN3O.C16H12ClN3O/c1-10-9-11(18)4-7-13(10)15-17(22)21(12-5-6-12)16-14(20-15)3-2-8-19-16;18-12-5-3-11(4-6-12)10-15-17(22)21(13-7-8-13)16-14(20-15)2-1-9-19-16;17-11-4-1-3-10(9-11)14-16(21)20(12-6-7-12)15-13(19-14)5-2-8-18-15/h2-4,7-9,12H,5-6H2,1H3;1-6,9,13H,7-8,10H2;1-5,8-9,12H,6-7H2. The third-order valence-corrected chi connectivity index (χ3v) is 12.3. The molecule has 3 aliphatic carbocycles. The Balaban J connectivity index is 0.000000115. The number of pyridine rings is 3. The van der Waals surface area contributed by atoms with Gasteiger partial charge in [0.2, 0.25) is 0 Å². The number of fused-ring (bicyclic) bond motifs is 3. The normalized spacial score (nSPS) is 14.5. The lowest BCUT2D eigenvalue weighted by atomic mass is 10.1. The van der Waals surface area contributed by atoms with Crippen LogP contribution in [0.3, 0.4) is 0 Å². The molecule has 0 atom stereocenters. The minimum atomic E-state index is -0.0917. The first-order valence-corrected chi connectivity index (χ1v) is 22.6. The number of rotatable bonds is 7. The summed E-state index contributed by atoms with van der Waals surface area (Å²) < 4.78 is 5.39. The van der Waals surface area contributed by atoms with Crippen molar-refractivity contribution in [3.8, 4) is 22.5 Å². The molecule has 0 spiro atoms. The molecule has 65 heavy (non-hydrogen) atoms. The third-order valence-electron chi connectivity index (χ3n) is 11.6. The van der Waals surface area contributed by atoms with Crippen molar-refractivity contribution < 1.29 is 0 Å². The summed E-state index contributed by atoms with van der Waals surface area (Å²) in [6.07, 6.45) is 11.8. The van der Waals surface area contributed by atoms with Gasteiger partial charge in [-0.2, -0.15) is 0 Å². The average molecular weight is 921 g/mol. The lowest BCUT2D eigenvalue weighted by Gasteiger charge is -2.12. The quantitative estimate of drug-likeness (QED) is 0.153. The summed E-state index contributed by atoms with van der Waals surface area (Å²) in [5, 5.41) is 1.94. The summed E-state index contributed by atoms with van der Waals surface area (Å²) in [4.78, 5) is 65.1. The summed E-state index contributed by atoms with van der Waals surface area (Å²) in [6.45, 7) is 1.94. The van der Waals surface area contributed by atoms with Gasteiger partial charge in [0.1, 0.15) is 33.6 Å². The van der Waals surface area contributed by atoms with Gasteiger partial charge < -0.3 is 0 Å². The van der Waals surface area contributed by atoms with Crippen LogP contribution in [0.2, 0.25) is 15.1 Å². The summed E-state index contributed by atoms with van der Waals surface area (Å²) in [6, 6.07) is 32.3. The van der Waals surface area contributed by atoms with Gasteiger partial charge in [-0.3, -0.25) is 28.1 Å². The Kier molecular flexibility index (Phi) is 11.6. The van der Waals surface area contributed by atoms with E-state index in [0.717, 1.165) is 77.3 Å². The Bertz CT molecular complexity index is 3470. The Hall–Kier alpha value is -6.60. The van der Waals surface area contributed by atoms with Crippen LogP contribution in [0.15, 0.2) is 136 Å².